The van der Waals surface area contributed by atoms with Gasteiger partial charge in [-0.3, -0.25) is 0 Å². The van der Waals surface area contributed by atoms with Crippen LogP contribution in [-0.2, 0) is 32.3 Å². The average molecular weight is 867 g/mol. The van der Waals surface area contributed by atoms with Crippen LogP contribution in [0.5, 0.6) is 11.5 Å². The number of allylic oxidation sites excluding steroid dienone is 4. The third-order valence-corrected chi connectivity index (χ3v) is 12.8. The molecule has 7 rings (SSSR count). The number of hydrogen-bond acceptors (Lipinski definition) is 4. The van der Waals surface area contributed by atoms with Gasteiger partial charge in [0.2, 0.25) is 0 Å². The van der Waals surface area contributed by atoms with Crippen LogP contribution in [0.3, 0.4) is 0 Å². The van der Waals surface area contributed by atoms with E-state index in [-0.39, 0.29) is 19.5 Å². The Morgan fingerprint density at radius 1 is 0.508 bits per heavy atom. The number of methoxy groups -OCH3 is 2. The second-order valence-corrected chi connectivity index (χ2v) is 16.7. The van der Waals surface area contributed by atoms with Gasteiger partial charge in [0, 0.05) is 11.1 Å². The van der Waals surface area contributed by atoms with Crippen molar-refractivity contribution in [2.24, 2.45) is 0 Å². The minimum absolute atomic E-state index is 0. The maximum Gasteiger partial charge on any atom is 2.00 e. The van der Waals surface area contributed by atoms with Crippen molar-refractivity contribution in [2.45, 2.75) is 132 Å². The Balaban J connectivity index is 0.00000622. The molecule has 2 aliphatic heterocycles. The third-order valence-electron chi connectivity index (χ3n) is 12.8. The van der Waals surface area contributed by atoms with Crippen LogP contribution in [0.4, 0.5) is 0 Å². The van der Waals surface area contributed by atoms with Crippen LogP contribution in [0.1, 0.15) is 151 Å². The molecule has 7 heteroatoms. The van der Waals surface area contributed by atoms with Gasteiger partial charge in [-0.2, -0.15) is 0 Å². The molecule has 0 saturated heterocycles. The molecule has 8 bridgehead atoms. The summed E-state index contributed by atoms with van der Waals surface area (Å²) in [6, 6.07) is 21.3. The van der Waals surface area contributed by atoms with E-state index in [1.165, 1.54) is 44.5 Å². The number of unbranched alkanes of at least 4 members (excludes halogenated alkanes) is 4. The van der Waals surface area contributed by atoms with Gasteiger partial charge in [0.05, 0.1) is 37.0 Å². The van der Waals surface area contributed by atoms with Crippen molar-refractivity contribution in [3.8, 4) is 33.8 Å². The van der Waals surface area contributed by atoms with Crippen molar-refractivity contribution in [3.05, 3.63) is 106 Å². The second kappa shape index (κ2) is 20.4. The van der Waals surface area contributed by atoms with Crippen LogP contribution in [0.2, 0.25) is 0 Å². The molecule has 5 aromatic rings. The van der Waals surface area contributed by atoms with Gasteiger partial charge >= 0.3 is 19.5 Å². The van der Waals surface area contributed by atoms with Crippen LogP contribution < -0.4 is 19.4 Å². The summed E-state index contributed by atoms with van der Waals surface area (Å²) in [5, 5.41) is 0. The normalized spacial score (nSPS) is 12.6. The van der Waals surface area contributed by atoms with Gasteiger partial charge < -0.3 is 19.4 Å². The maximum atomic E-state index is 6.12. The number of nitrogens with zero attached hydrogens (tertiary/aromatic N) is 4. The van der Waals surface area contributed by atoms with Gasteiger partial charge in [-0.05, 0) is 125 Å². The number of para-hydroxylation sites is 2. The summed E-state index contributed by atoms with van der Waals surface area (Å²) in [7, 11) is 3.52. The average Bonchev–Trinajstić information content (AvgIpc) is 3.94. The number of rotatable bonds is 16. The molecule has 0 unspecified atom stereocenters. The van der Waals surface area contributed by atoms with Crippen molar-refractivity contribution in [2.75, 3.05) is 14.2 Å². The fourth-order valence-electron chi connectivity index (χ4n) is 9.25. The van der Waals surface area contributed by atoms with E-state index < -0.39 is 0 Å². The number of aromatic nitrogens is 4. The molecule has 0 aliphatic carbocycles. The van der Waals surface area contributed by atoms with E-state index in [2.05, 4.69) is 104 Å². The fourth-order valence-corrected chi connectivity index (χ4v) is 9.25. The molecule has 0 saturated carbocycles. The first-order valence-corrected chi connectivity index (χ1v) is 22.6. The number of benzene rings is 2. The molecule has 0 radical (unpaired) electrons. The number of ether oxygens (including phenoxy) is 2. The third kappa shape index (κ3) is 8.83. The van der Waals surface area contributed by atoms with Gasteiger partial charge in [0.15, 0.2) is 0 Å². The monoisotopic (exact) mass is 864 g/mol. The topological polar surface area (TPSA) is 72.4 Å². The van der Waals surface area contributed by atoms with E-state index in [4.69, 9.17) is 29.4 Å². The van der Waals surface area contributed by atoms with Crippen molar-refractivity contribution in [1.29, 1.82) is 0 Å². The Kier molecular flexibility index (Phi) is 15.3. The zero-order valence-corrected chi connectivity index (χ0v) is 41.5. The van der Waals surface area contributed by atoms with Crippen molar-refractivity contribution in [3.63, 3.8) is 0 Å². The molecule has 6 nitrogen and oxygen atoms in total. The molecule has 0 spiro atoms. The molecule has 0 fully saturated rings. The SMILES string of the molecule is CCCCC1=C(C)c2nc1cc1[n-]c(c(C)c1CCCC)c(-c1ccccc1OC)c1nc(cc3[n-]c(c(C)c3CCCC)c2-c2ccccc2OC)C(CCCC)=C1C.[Zn+2]. The Morgan fingerprint density at radius 3 is 1.23 bits per heavy atom. The second-order valence-electron chi connectivity index (χ2n) is 16.7. The number of fused-ring (bicyclic) bond motifs is 8. The van der Waals surface area contributed by atoms with Crippen LogP contribution in [0, 0.1) is 13.8 Å². The minimum atomic E-state index is 0. The summed E-state index contributed by atoms with van der Waals surface area (Å²) >= 11 is 0. The number of hydrogen-bond donors (Lipinski definition) is 0. The molecule has 0 atom stereocenters. The minimum Gasteiger partial charge on any atom is -0.657 e. The van der Waals surface area contributed by atoms with Crippen molar-refractivity contribution in [1.82, 2.24) is 19.9 Å². The van der Waals surface area contributed by atoms with Gasteiger partial charge in [-0.15, -0.1) is 22.1 Å². The van der Waals surface area contributed by atoms with Gasteiger partial charge in [-0.1, -0.05) is 124 Å². The Labute approximate surface area is 377 Å². The molecular formula is C54H64N4O2Zn. The fraction of sp³-hybridized carbons (Fsp3) is 0.407. The van der Waals surface area contributed by atoms with E-state index in [0.717, 1.165) is 156 Å². The van der Waals surface area contributed by atoms with Crippen LogP contribution in [-0.4, -0.2) is 24.2 Å². The molecule has 0 amide bonds. The smallest absolute Gasteiger partial charge is 0.657 e. The summed E-state index contributed by atoms with van der Waals surface area (Å²) in [6.45, 7) is 18.1. The molecule has 314 valence electrons. The summed E-state index contributed by atoms with van der Waals surface area (Å²) in [4.78, 5) is 22.7. The predicted molar refractivity (Wildman–Crippen MR) is 254 cm³/mol. The molecular weight excluding hydrogens is 802 g/mol. The van der Waals surface area contributed by atoms with Crippen molar-refractivity contribution >= 4 is 44.4 Å². The van der Waals surface area contributed by atoms with Gasteiger partial charge in [0.25, 0.3) is 0 Å². The molecule has 0 N–H and O–H groups in total. The zero-order chi connectivity index (χ0) is 42.5. The Hall–Kier alpha value is -4.74. The quantitative estimate of drug-likeness (QED) is 0.0920. The summed E-state index contributed by atoms with van der Waals surface area (Å²) in [5.41, 5.74) is 21.8. The molecule has 5 heterocycles. The van der Waals surface area contributed by atoms with Gasteiger partial charge in [0.1, 0.15) is 11.5 Å². The molecule has 3 aromatic heterocycles. The van der Waals surface area contributed by atoms with Gasteiger partial charge in [-0.25, -0.2) is 9.97 Å². The predicted octanol–water partition coefficient (Wildman–Crippen LogP) is 14.5. The van der Waals surface area contributed by atoms with E-state index in [9.17, 15) is 0 Å². The molecule has 61 heavy (non-hydrogen) atoms. The first-order valence-electron chi connectivity index (χ1n) is 22.6. The standard InChI is InChI=1S/C54H64N4O2.Zn/c1-11-15-23-37-33(5)51-49(41-27-19-21-29-47(41)59-9)52-35(7)39(25-17-13-3)45(57-52)32-46-40(26-18-14-4)36(8)54(58-46)50(42-28-20-22-30-48(42)60-10)53-34(6)38(24-16-12-2)44(56-53)31-43(37)55-51;/h19-22,27-32H,11-18,23-26H2,1-10H3;/q-2;+2. The van der Waals surface area contributed by atoms with Crippen LogP contribution in [0.25, 0.3) is 66.6 Å². The van der Waals surface area contributed by atoms with Crippen LogP contribution >= 0.6 is 0 Å². The summed E-state index contributed by atoms with van der Waals surface area (Å²) in [5.74, 6) is 1.62. The summed E-state index contributed by atoms with van der Waals surface area (Å²) in [6.07, 6.45) is 12.4. The van der Waals surface area contributed by atoms with Crippen LogP contribution in [0.15, 0.2) is 60.7 Å². The number of aryl methyl sites for hydroxylation is 4. The molecule has 2 aromatic carbocycles. The summed E-state index contributed by atoms with van der Waals surface area (Å²) < 4.78 is 12.2. The van der Waals surface area contributed by atoms with E-state index in [1.54, 1.807) is 14.2 Å². The van der Waals surface area contributed by atoms with Crippen molar-refractivity contribution < 1.29 is 29.0 Å². The first kappa shape index (κ1) is 45.8. The van der Waals surface area contributed by atoms with E-state index in [0.29, 0.717) is 0 Å². The zero-order valence-electron chi connectivity index (χ0n) is 38.6. The Bertz CT molecular complexity index is 2440. The maximum absolute atomic E-state index is 6.12. The molecule has 2 aliphatic rings. The Morgan fingerprint density at radius 2 is 0.869 bits per heavy atom. The van der Waals surface area contributed by atoms with E-state index >= 15 is 0 Å². The first-order chi connectivity index (χ1) is 29.2. The van der Waals surface area contributed by atoms with E-state index in [1.807, 2.05) is 12.1 Å². The largest absolute Gasteiger partial charge is 2.00 e.